The largest absolute Gasteiger partial charge is 0.309 e. The molecule has 12 nitrogen and oxygen atoms in total. The minimum atomic E-state index is 0.961. The van der Waals surface area contributed by atoms with Crippen molar-refractivity contribution in [2.75, 3.05) is 0 Å². The summed E-state index contributed by atoms with van der Waals surface area (Å²) in [5.41, 5.74) is 28.8. The zero-order valence-corrected chi connectivity index (χ0v) is 69.6. The van der Waals surface area contributed by atoms with Gasteiger partial charge in [0.25, 0.3) is 0 Å². The first kappa shape index (κ1) is 69.5. The van der Waals surface area contributed by atoms with Crippen molar-refractivity contribution in [3.63, 3.8) is 0 Å². The van der Waals surface area contributed by atoms with Crippen LogP contribution in [0.4, 0.5) is 0 Å². The normalized spacial score (nSPS) is 12.3. The highest BCUT2D eigenvalue weighted by Crippen LogP contribution is 2.46. The molecule has 15 heteroatoms. The van der Waals surface area contributed by atoms with Crippen LogP contribution in [0.1, 0.15) is 0 Å². The third kappa shape index (κ3) is 10.1. The standard InChI is InChI=1S/3C37H22N4S/c1-4-11-30-23(8-1)20-36-40(37-33(41(30)36)14-7-19-38-37)25-16-18-35-29(22-25)28-21-24(15-17-34(28)42-35)39-31-12-5-2-9-26(31)27-10-3-6-13-32(27)39;1-3-11-30-23(8-1)20-36-39(32-13-5-6-14-33(32)41(30)36)24-15-17-34-28(21-24)29-22-25(16-18-35(29)42-34)40-31-12-4-2-9-26(31)27-10-7-19-38-37(27)40;1-3-10-30-25(8-1)26-9-2-4-11-31(26)39(30)23-15-17-35-27(20-23)28-21-24(16-18-36(28)42-35)40-33-12-5-6-13-34(33)41-32-14-7-19-38-29(32)22-37(40)41/h3*1-22H. The van der Waals surface area contributed by atoms with E-state index in [1.54, 1.807) is 0 Å². The Morgan fingerprint density at radius 2 is 0.444 bits per heavy atom. The molecular weight excluding hydrogens is 1600 g/mol. The molecule has 0 unspecified atom stereocenters. The second-order valence-electron chi connectivity index (χ2n) is 32.7. The Morgan fingerprint density at radius 1 is 0.167 bits per heavy atom. The number of hydrogen-bond acceptors (Lipinski definition) is 6. The lowest BCUT2D eigenvalue weighted by Crippen LogP contribution is -1.95. The summed E-state index contributed by atoms with van der Waals surface area (Å²) in [4.78, 5) is 14.3. The third-order valence-corrected chi connectivity index (χ3v) is 29.5. The summed E-state index contributed by atoms with van der Waals surface area (Å²) < 4.78 is 29.0. The molecule has 30 aromatic rings. The fourth-order valence-electron chi connectivity index (χ4n) is 20.7. The molecule has 0 aliphatic carbocycles. The van der Waals surface area contributed by atoms with Gasteiger partial charge in [-0.2, -0.15) is 0 Å². The minimum absolute atomic E-state index is 0.961. The van der Waals surface area contributed by atoms with Gasteiger partial charge in [0, 0.05) is 162 Å². The molecule has 15 aromatic carbocycles. The second-order valence-corrected chi connectivity index (χ2v) is 36.0. The van der Waals surface area contributed by atoms with Gasteiger partial charge in [-0.1, -0.05) is 152 Å². The Hall–Kier alpha value is -16.2. The first-order valence-electron chi connectivity index (χ1n) is 42.4. The van der Waals surface area contributed by atoms with Crippen LogP contribution in [0.2, 0.25) is 0 Å². The molecule has 15 heterocycles. The van der Waals surface area contributed by atoms with E-state index in [0.29, 0.717) is 0 Å². The van der Waals surface area contributed by atoms with Crippen LogP contribution in [0.15, 0.2) is 401 Å². The molecule has 0 atom stereocenters. The number of imidazole rings is 3. The van der Waals surface area contributed by atoms with Crippen molar-refractivity contribution >= 4 is 243 Å². The van der Waals surface area contributed by atoms with E-state index >= 15 is 0 Å². The number of thiophene rings is 3. The van der Waals surface area contributed by atoms with Crippen LogP contribution in [-0.2, 0) is 0 Å². The highest BCUT2D eigenvalue weighted by atomic mass is 32.1. The monoisotopic (exact) mass is 1660 g/mol. The Balaban J connectivity index is 0.0000000961. The Labute approximate surface area is 728 Å². The van der Waals surface area contributed by atoms with Gasteiger partial charge < -0.3 is 9.13 Å². The molecule has 0 N–H and O–H groups in total. The molecule has 0 saturated heterocycles. The molecule has 0 spiro atoms. The van der Waals surface area contributed by atoms with E-state index in [2.05, 4.69) is 410 Å². The highest BCUT2D eigenvalue weighted by molar-refractivity contribution is 7.26. The summed E-state index contributed by atoms with van der Waals surface area (Å²) in [5.74, 6) is 0. The van der Waals surface area contributed by atoms with Crippen molar-refractivity contribution < 1.29 is 0 Å². The van der Waals surface area contributed by atoms with Gasteiger partial charge in [0.1, 0.15) is 22.6 Å². The molecule has 0 aliphatic heterocycles. The summed E-state index contributed by atoms with van der Waals surface area (Å²) in [7, 11) is 0. The van der Waals surface area contributed by atoms with Crippen molar-refractivity contribution in [1.29, 1.82) is 0 Å². The SMILES string of the molecule is c1ccc2c(c1)c1ccccc1n2-c1ccc2sc3ccc(-n4c5ccccc5n5c6cccnc6cc45)cc3c2c1.c1ccc2c(c1)cc1n(-c3ccc4sc5ccc(-n6c7ccccc7c7ccccc76)cc5c4c3)c3ncccc3n21.c1ccc2c(c1)cc1n(-c3ccc4sc5ccc(-n6c7ccccc7c7cccnc76)cc5c4c3)c3ccccc3n21. The maximum atomic E-state index is 4.85. The number of para-hydroxylation sites is 11. The van der Waals surface area contributed by atoms with E-state index < -0.39 is 0 Å². The highest BCUT2D eigenvalue weighted by Gasteiger charge is 2.25. The van der Waals surface area contributed by atoms with Crippen molar-refractivity contribution in [3.05, 3.63) is 401 Å². The quantitative estimate of drug-likeness (QED) is 0.166. The zero-order valence-electron chi connectivity index (χ0n) is 67.2. The number of hydrogen-bond donors (Lipinski definition) is 0. The Bertz CT molecular complexity index is 8830. The fourth-order valence-corrected chi connectivity index (χ4v) is 23.9. The second kappa shape index (κ2) is 26.7. The van der Waals surface area contributed by atoms with Gasteiger partial charge in [0.2, 0.25) is 0 Å². The number of pyridine rings is 3. The maximum absolute atomic E-state index is 4.85. The smallest absolute Gasteiger partial charge is 0.163 e. The topological polar surface area (TPSA) is 81.5 Å². The van der Waals surface area contributed by atoms with Gasteiger partial charge in [0.05, 0.1) is 77.2 Å². The van der Waals surface area contributed by atoms with Crippen molar-refractivity contribution in [2.45, 2.75) is 0 Å². The van der Waals surface area contributed by atoms with Crippen molar-refractivity contribution in [3.8, 4) is 34.1 Å². The van der Waals surface area contributed by atoms with Crippen LogP contribution >= 0.6 is 34.0 Å². The van der Waals surface area contributed by atoms with E-state index in [0.717, 1.165) is 56.2 Å². The number of fused-ring (bicyclic) bond motifs is 33. The molecule has 0 fully saturated rings. The van der Waals surface area contributed by atoms with Crippen LogP contribution in [0.5, 0.6) is 0 Å². The molecule has 0 radical (unpaired) electrons. The predicted molar refractivity (Wildman–Crippen MR) is 530 cm³/mol. The van der Waals surface area contributed by atoms with Crippen LogP contribution in [0.25, 0.3) is 243 Å². The van der Waals surface area contributed by atoms with E-state index in [1.807, 2.05) is 70.8 Å². The molecule has 15 aromatic heterocycles. The molecule has 588 valence electrons. The molecule has 0 amide bonds. The fraction of sp³-hybridized carbons (Fsp3) is 0. The van der Waals surface area contributed by atoms with Crippen molar-refractivity contribution in [2.24, 2.45) is 0 Å². The van der Waals surface area contributed by atoms with E-state index in [-0.39, 0.29) is 0 Å². The first-order chi connectivity index (χ1) is 62.5. The van der Waals surface area contributed by atoms with Crippen LogP contribution < -0.4 is 0 Å². The van der Waals surface area contributed by atoms with Gasteiger partial charge in [-0.15, -0.1) is 34.0 Å². The first-order valence-corrected chi connectivity index (χ1v) is 44.9. The molecule has 0 saturated carbocycles. The van der Waals surface area contributed by atoms with E-state index in [1.165, 1.54) is 187 Å². The van der Waals surface area contributed by atoms with Gasteiger partial charge in [-0.05, 0) is 224 Å². The van der Waals surface area contributed by atoms with Crippen LogP contribution in [0, 0.1) is 0 Å². The minimum Gasteiger partial charge on any atom is -0.309 e. The van der Waals surface area contributed by atoms with Gasteiger partial charge in [0.15, 0.2) is 5.65 Å². The third-order valence-electron chi connectivity index (χ3n) is 26.0. The Kier molecular flexibility index (Phi) is 14.7. The molecule has 30 rings (SSSR count). The van der Waals surface area contributed by atoms with Crippen LogP contribution in [-0.4, -0.2) is 55.6 Å². The van der Waals surface area contributed by atoms with E-state index in [9.17, 15) is 0 Å². The van der Waals surface area contributed by atoms with Gasteiger partial charge in [-0.25, -0.2) is 9.97 Å². The van der Waals surface area contributed by atoms with Gasteiger partial charge >= 0.3 is 0 Å². The maximum Gasteiger partial charge on any atom is 0.163 e. The lowest BCUT2D eigenvalue weighted by Gasteiger charge is -2.09. The zero-order chi connectivity index (χ0) is 82.1. The number of nitrogens with zero attached hydrogens (tertiary/aromatic N) is 12. The lowest BCUT2D eigenvalue weighted by molar-refractivity contribution is 1.12. The lowest BCUT2D eigenvalue weighted by atomic mass is 10.1. The van der Waals surface area contributed by atoms with Crippen molar-refractivity contribution in [1.82, 2.24) is 55.6 Å². The summed E-state index contributed by atoms with van der Waals surface area (Å²) >= 11 is 5.56. The average molecular weight is 1660 g/mol. The van der Waals surface area contributed by atoms with Gasteiger partial charge in [-0.3, -0.25) is 36.5 Å². The number of aromatic nitrogens is 12. The molecular formula is C111H66N12S3. The molecule has 0 aliphatic rings. The molecule has 0 bridgehead atoms. The predicted octanol–water partition coefficient (Wildman–Crippen LogP) is 29.7. The average Bonchev–Trinajstić information content (AvgIpc) is 1.56. The summed E-state index contributed by atoms with van der Waals surface area (Å²) in [5, 5.41) is 17.6. The number of rotatable bonds is 6. The molecule has 126 heavy (non-hydrogen) atoms. The summed E-state index contributed by atoms with van der Waals surface area (Å²) in [6.07, 6.45) is 5.64. The summed E-state index contributed by atoms with van der Waals surface area (Å²) in [6, 6.07) is 139. The summed E-state index contributed by atoms with van der Waals surface area (Å²) in [6.45, 7) is 0. The van der Waals surface area contributed by atoms with E-state index in [4.69, 9.17) is 9.97 Å². The number of benzene rings is 15. The Morgan fingerprint density at radius 3 is 0.881 bits per heavy atom. The van der Waals surface area contributed by atoms with Crippen LogP contribution in [0.3, 0.4) is 0 Å².